The first kappa shape index (κ1) is 15.2. The molecule has 3 rings (SSSR count). The Morgan fingerprint density at radius 3 is 2.83 bits per heavy atom. The third-order valence-corrected chi connectivity index (χ3v) is 3.75. The van der Waals surface area contributed by atoms with E-state index in [1.807, 2.05) is 30.3 Å². The van der Waals surface area contributed by atoms with Crippen molar-refractivity contribution in [2.75, 3.05) is 19.8 Å². The average Bonchev–Trinajstić information content (AvgIpc) is 3.05. The van der Waals surface area contributed by atoms with Crippen molar-refractivity contribution in [2.24, 2.45) is 0 Å². The fourth-order valence-corrected chi connectivity index (χ4v) is 2.61. The molecule has 1 saturated heterocycles. The summed E-state index contributed by atoms with van der Waals surface area (Å²) in [7, 11) is 0. The minimum Gasteiger partial charge on any atom is -0.481 e. The number of aliphatic carboxylic acids is 1. The lowest BCUT2D eigenvalue weighted by Crippen LogP contribution is -2.49. The lowest BCUT2D eigenvalue weighted by atomic mass is 10.1. The van der Waals surface area contributed by atoms with Crippen LogP contribution in [0.2, 0.25) is 0 Å². The quantitative estimate of drug-likeness (QED) is 0.916. The summed E-state index contributed by atoms with van der Waals surface area (Å²) in [5.74, 6) is -1.17. The Bertz CT molecular complexity index is 698. The molecule has 0 aliphatic carbocycles. The zero-order chi connectivity index (χ0) is 16.2. The second-order valence-electron chi connectivity index (χ2n) is 5.33. The molecule has 1 fully saturated rings. The van der Waals surface area contributed by atoms with Gasteiger partial charge in [-0.3, -0.25) is 9.59 Å². The van der Waals surface area contributed by atoms with Crippen LogP contribution in [0.25, 0.3) is 5.69 Å². The number of para-hydroxylation sites is 1. The number of hydrogen-bond donors (Lipinski definition) is 1. The van der Waals surface area contributed by atoms with Gasteiger partial charge in [-0.15, -0.1) is 0 Å². The molecule has 1 atom stereocenters. The molecule has 120 valence electrons. The standard InChI is InChI=1S/C16H17N3O4/c20-15(21)8-14-11-23-7-6-18(14)16(22)12-9-17-19(10-12)13-4-2-1-3-5-13/h1-5,9-10,14H,6-8,11H2,(H,20,21). The average molecular weight is 315 g/mol. The Balaban J connectivity index is 1.79. The summed E-state index contributed by atoms with van der Waals surface area (Å²) in [6, 6.07) is 9.02. The summed E-state index contributed by atoms with van der Waals surface area (Å²) in [5, 5.41) is 13.2. The molecular formula is C16H17N3O4. The maximum absolute atomic E-state index is 12.7. The first-order valence-electron chi connectivity index (χ1n) is 7.36. The monoisotopic (exact) mass is 315 g/mol. The van der Waals surface area contributed by atoms with Crippen LogP contribution in [-0.2, 0) is 9.53 Å². The molecule has 7 nitrogen and oxygen atoms in total. The van der Waals surface area contributed by atoms with Crippen LogP contribution in [0, 0.1) is 0 Å². The molecule has 0 spiro atoms. The third kappa shape index (κ3) is 3.40. The lowest BCUT2D eigenvalue weighted by molar-refractivity contribution is -0.139. The summed E-state index contributed by atoms with van der Waals surface area (Å²) >= 11 is 0. The van der Waals surface area contributed by atoms with Crippen molar-refractivity contribution >= 4 is 11.9 Å². The molecule has 1 aromatic carbocycles. The van der Waals surface area contributed by atoms with Crippen molar-refractivity contribution in [3.05, 3.63) is 48.3 Å². The molecule has 23 heavy (non-hydrogen) atoms. The van der Waals surface area contributed by atoms with Crippen LogP contribution < -0.4 is 0 Å². The zero-order valence-corrected chi connectivity index (χ0v) is 12.5. The van der Waals surface area contributed by atoms with Crippen LogP contribution in [0.5, 0.6) is 0 Å². The Hall–Kier alpha value is -2.67. The first-order chi connectivity index (χ1) is 11.1. The summed E-state index contributed by atoms with van der Waals surface area (Å²) < 4.78 is 6.92. The molecular weight excluding hydrogens is 298 g/mol. The molecule has 0 saturated carbocycles. The molecule has 1 aliphatic rings. The van der Waals surface area contributed by atoms with Gasteiger partial charge >= 0.3 is 5.97 Å². The number of carboxylic acid groups (broad SMARTS) is 1. The van der Waals surface area contributed by atoms with Gasteiger partial charge in [0.15, 0.2) is 0 Å². The van der Waals surface area contributed by atoms with Crippen LogP contribution in [0.3, 0.4) is 0 Å². The van der Waals surface area contributed by atoms with Crippen molar-refractivity contribution in [3.63, 3.8) is 0 Å². The van der Waals surface area contributed by atoms with E-state index in [-0.39, 0.29) is 18.9 Å². The van der Waals surface area contributed by atoms with Crippen LogP contribution in [0.4, 0.5) is 0 Å². The summed E-state index contributed by atoms with van der Waals surface area (Å²) in [6.07, 6.45) is 3.03. The highest BCUT2D eigenvalue weighted by Gasteiger charge is 2.30. The van der Waals surface area contributed by atoms with Crippen LogP contribution in [0.1, 0.15) is 16.8 Å². The van der Waals surface area contributed by atoms with E-state index in [9.17, 15) is 9.59 Å². The number of carboxylic acids is 1. The third-order valence-electron chi connectivity index (χ3n) is 3.75. The zero-order valence-electron chi connectivity index (χ0n) is 12.5. The fourth-order valence-electron chi connectivity index (χ4n) is 2.61. The number of nitrogens with zero attached hydrogens (tertiary/aromatic N) is 3. The number of rotatable bonds is 4. The van der Waals surface area contributed by atoms with Gasteiger partial charge in [-0.05, 0) is 12.1 Å². The summed E-state index contributed by atoms with van der Waals surface area (Å²) in [4.78, 5) is 25.2. The molecule has 1 N–H and O–H groups in total. The van der Waals surface area contributed by atoms with Gasteiger partial charge in [0, 0.05) is 12.7 Å². The molecule has 1 amide bonds. The summed E-state index contributed by atoms with van der Waals surface area (Å²) in [5.41, 5.74) is 1.29. The molecule has 1 aromatic heterocycles. The molecule has 0 bridgehead atoms. The highest BCUT2D eigenvalue weighted by atomic mass is 16.5. The predicted octanol–water partition coefficient (Wildman–Crippen LogP) is 1.19. The Morgan fingerprint density at radius 1 is 1.30 bits per heavy atom. The van der Waals surface area contributed by atoms with Crippen molar-refractivity contribution < 1.29 is 19.4 Å². The van der Waals surface area contributed by atoms with Crippen LogP contribution in [0.15, 0.2) is 42.7 Å². The van der Waals surface area contributed by atoms with Gasteiger partial charge in [0.25, 0.3) is 5.91 Å². The normalized spacial score (nSPS) is 17.9. The molecule has 1 aliphatic heterocycles. The van der Waals surface area contributed by atoms with Crippen molar-refractivity contribution in [1.29, 1.82) is 0 Å². The minimum atomic E-state index is -0.946. The number of amides is 1. The van der Waals surface area contributed by atoms with Crippen LogP contribution in [-0.4, -0.2) is 57.5 Å². The van der Waals surface area contributed by atoms with Crippen molar-refractivity contribution in [3.8, 4) is 5.69 Å². The van der Waals surface area contributed by atoms with Crippen molar-refractivity contribution in [2.45, 2.75) is 12.5 Å². The van der Waals surface area contributed by atoms with Gasteiger partial charge in [0.2, 0.25) is 0 Å². The molecule has 0 radical (unpaired) electrons. The van der Waals surface area contributed by atoms with Gasteiger partial charge < -0.3 is 14.7 Å². The van der Waals surface area contributed by atoms with Gasteiger partial charge in [0.1, 0.15) is 0 Å². The minimum absolute atomic E-state index is 0.126. The van der Waals surface area contributed by atoms with Crippen LogP contribution >= 0.6 is 0 Å². The smallest absolute Gasteiger partial charge is 0.305 e. The number of carbonyl (C=O) groups excluding carboxylic acids is 1. The number of carbonyl (C=O) groups is 2. The Labute approximate surface area is 133 Å². The largest absolute Gasteiger partial charge is 0.481 e. The number of hydrogen-bond acceptors (Lipinski definition) is 4. The Kier molecular flexibility index (Phi) is 4.38. The Morgan fingerprint density at radius 2 is 2.09 bits per heavy atom. The van der Waals surface area contributed by atoms with E-state index >= 15 is 0 Å². The molecule has 2 aromatic rings. The number of morpholine rings is 1. The SMILES string of the molecule is O=C(O)CC1COCCN1C(=O)c1cnn(-c2ccccc2)c1. The summed E-state index contributed by atoms with van der Waals surface area (Å²) in [6.45, 7) is 1.03. The van der Waals surface area contributed by atoms with E-state index in [4.69, 9.17) is 9.84 Å². The second kappa shape index (κ2) is 6.62. The second-order valence-corrected chi connectivity index (χ2v) is 5.33. The highest BCUT2D eigenvalue weighted by molar-refractivity contribution is 5.94. The molecule has 7 heteroatoms. The maximum Gasteiger partial charge on any atom is 0.305 e. The van der Waals surface area contributed by atoms with E-state index < -0.39 is 12.0 Å². The first-order valence-corrected chi connectivity index (χ1v) is 7.36. The van der Waals surface area contributed by atoms with E-state index in [1.165, 1.54) is 6.20 Å². The fraction of sp³-hybridized carbons (Fsp3) is 0.312. The topological polar surface area (TPSA) is 84.7 Å². The maximum atomic E-state index is 12.7. The highest BCUT2D eigenvalue weighted by Crippen LogP contribution is 2.16. The van der Waals surface area contributed by atoms with Gasteiger partial charge in [0.05, 0.1) is 43.1 Å². The lowest BCUT2D eigenvalue weighted by Gasteiger charge is -2.34. The van der Waals surface area contributed by atoms with Crippen molar-refractivity contribution in [1.82, 2.24) is 14.7 Å². The van der Waals surface area contributed by atoms with Gasteiger partial charge in [-0.1, -0.05) is 18.2 Å². The molecule has 1 unspecified atom stereocenters. The van der Waals surface area contributed by atoms with E-state index in [0.717, 1.165) is 5.69 Å². The van der Waals surface area contributed by atoms with E-state index in [0.29, 0.717) is 18.7 Å². The van der Waals surface area contributed by atoms with Gasteiger partial charge in [-0.25, -0.2) is 4.68 Å². The number of aromatic nitrogens is 2. The molecule has 2 heterocycles. The number of benzene rings is 1. The van der Waals surface area contributed by atoms with Gasteiger partial charge in [-0.2, -0.15) is 5.10 Å². The predicted molar refractivity (Wildman–Crippen MR) is 81.5 cm³/mol. The van der Waals surface area contributed by atoms with E-state index in [1.54, 1.807) is 15.8 Å². The van der Waals surface area contributed by atoms with E-state index in [2.05, 4.69) is 5.10 Å². The number of ether oxygens (including phenoxy) is 1.